The zero-order valence-corrected chi connectivity index (χ0v) is 11.7. The molecule has 0 aliphatic carbocycles. The van der Waals surface area contributed by atoms with Crippen molar-refractivity contribution < 1.29 is 0 Å². The molecule has 0 saturated heterocycles. The highest BCUT2D eigenvalue weighted by molar-refractivity contribution is 7.13. The number of rotatable bonds is 5. The fourth-order valence-electron chi connectivity index (χ4n) is 1.96. The molecule has 0 aliphatic heterocycles. The zero-order valence-electron chi connectivity index (χ0n) is 10.8. The lowest BCUT2D eigenvalue weighted by Gasteiger charge is -2.02. The molecule has 3 aromatic rings. The molecule has 19 heavy (non-hydrogen) atoms. The average Bonchev–Trinajstić information content (AvgIpc) is 3.07. The van der Waals surface area contributed by atoms with E-state index in [1.807, 2.05) is 29.0 Å². The molecule has 0 unspecified atom stereocenters. The molecule has 0 bridgehead atoms. The molecular weight excluding hydrogens is 256 g/mol. The van der Waals surface area contributed by atoms with Gasteiger partial charge in [-0.3, -0.25) is 0 Å². The zero-order chi connectivity index (χ0) is 13.1. The van der Waals surface area contributed by atoms with Crippen LogP contribution in [0.2, 0.25) is 0 Å². The predicted molar refractivity (Wildman–Crippen MR) is 78.3 cm³/mol. The SMILES string of the molecule is CCCNCc1cnc2cc(-c3cccs3)nn2c1. The van der Waals surface area contributed by atoms with Gasteiger partial charge in [-0.25, -0.2) is 9.50 Å². The van der Waals surface area contributed by atoms with Crippen molar-refractivity contribution in [2.75, 3.05) is 6.54 Å². The second-order valence-corrected chi connectivity index (χ2v) is 5.40. The van der Waals surface area contributed by atoms with Gasteiger partial charge in [0.1, 0.15) is 5.69 Å². The van der Waals surface area contributed by atoms with Crippen molar-refractivity contribution in [2.24, 2.45) is 0 Å². The second-order valence-electron chi connectivity index (χ2n) is 4.45. The van der Waals surface area contributed by atoms with Crippen LogP contribution in [-0.4, -0.2) is 21.1 Å². The predicted octanol–water partition coefficient (Wildman–Crippen LogP) is 2.96. The van der Waals surface area contributed by atoms with E-state index in [2.05, 4.69) is 33.8 Å². The molecule has 0 saturated carbocycles. The number of hydrogen-bond donors (Lipinski definition) is 1. The summed E-state index contributed by atoms with van der Waals surface area (Å²) in [5.41, 5.74) is 3.03. The summed E-state index contributed by atoms with van der Waals surface area (Å²) >= 11 is 1.70. The summed E-state index contributed by atoms with van der Waals surface area (Å²) in [4.78, 5) is 5.63. The first-order chi connectivity index (χ1) is 9.36. The summed E-state index contributed by atoms with van der Waals surface area (Å²) in [7, 11) is 0. The molecule has 0 aliphatic rings. The number of aromatic nitrogens is 3. The lowest BCUT2D eigenvalue weighted by atomic mass is 10.3. The first-order valence-corrected chi connectivity index (χ1v) is 7.33. The quantitative estimate of drug-likeness (QED) is 0.726. The van der Waals surface area contributed by atoms with Gasteiger partial charge in [-0.2, -0.15) is 5.10 Å². The van der Waals surface area contributed by atoms with E-state index in [-0.39, 0.29) is 0 Å². The first-order valence-electron chi connectivity index (χ1n) is 6.45. The van der Waals surface area contributed by atoms with Gasteiger partial charge < -0.3 is 5.32 Å². The maximum absolute atomic E-state index is 4.58. The minimum atomic E-state index is 0.838. The molecule has 98 valence electrons. The van der Waals surface area contributed by atoms with E-state index in [0.717, 1.165) is 36.4 Å². The first kappa shape index (κ1) is 12.3. The molecule has 0 atom stereocenters. The smallest absolute Gasteiger partial charge is 0.155 e. The monoisotopic (exact) mass is 272 g/mol. The molecular formula is C14H16N4S. The number of thiophene rings is 1. The minimum Gasteiger partial charge on any atom is -0.313 e. The number of fused-ring (bicyclic) bond motifs is 1. The Balaban J connectivity index is 1.87. The molecule has 3 aromatic heterocycles. The Morgan fingerprint density at radius 3 is 3.16 bits per heavy atom. The van der Waals surface area contributed by atoms with E-state index in [1.54, 1.807) is 11.3 Å². The van der Waals surface area contributed by atoms with Gasteiger partial charge in [0.05, 0.1) is 4.88 Å². The summed E-state index contributed by atoms with van der Waals surface area (Å²) in [5, 5.41) is 10.0. The highest BCUT2D eigenvalue weighted by Gasteiger charge is 2.06. The number of hydrogen-bond acceptors (Lipinski definition) is 4. The lowest BCUT2D eigenvalue weighted by molar-refractivity contribution is 0.670. The maximum atomic E-state index is 4.58. The summed E-state index contributed by atoms with van der Waals surface area (Å²) in [5.74, 6) is 0. The third-order valence-corrected chi connectivity index (χ3v) is 3.79. The number of nitrogens with one attached hydrogen (secondary N) is 1. The Hall–Kier alpha value is -1.72. The van der Waals surface area contributed by atoms with Crippen molar-refractivity contribution in [3.8, 4) is 10.6 Å². The molecule has 0 radical (unpaired) electrons. The summed E-state index contributed by atoms with van der Waals surface area (Å²) in [6.45, 7) is 4.03. The van der Waals surface area contributed by atoms with Crippen LogP contribution in [0.1, 0.15) is 18.9 Å². The average molecular weight is 272 g/mol. The van der Waals surface area contributed by atoms with Crippen LogP contribution in [0.25, 0.3) is 16.2 Å². The van der Waals surface area contributed by atoms with Gasteiger partial charge in [0.2, 0.25) is 0 Å². The van der Waals surface area contributed by atoms with Crippen LogP contribution in [0.3, 0.4) is 0 Å². The molecule has 0 spiro atoms. The summed E-state index contributed by atoms with van der Waals surface area (Å²) in [6.07, 6.45) is 5.10. The topological polar surface area (TPSA) is 42.2 Å². The van der Waals surface area contributed by atoms with Crippen LogP contribution in [0.15, 0.2) is 36.0 Å². The van der Waals surface area contributed by atoms with Crippen LogP contribution < -0.4 is 5.32 Å². The van der Waals surface area contributed by atoms with E-state index in [9.17, 15) is 0 Å². The Bertz CT molecular complexity index is 657. The fourth-order valence-corrected chi connectivity index (χ4v) is 2.64. The highest BCUT2D eigenvalue weighted by atomic mass is 32.1. The van der Waals surface area contributed by atoms with Gasteiger partial charge in [-0.05, 0) is 24.4 Å². The van der Waals surface area contributed by atoms with Crippen LogP contribution >= 0.6 is 11.3 Å². The van der Waals surface area contributed by atoms with Crippen LogP contribution in [0.5, 0.6) is 0 Å². The maximum Gasteiger partial charge on any atom is 0.155 e. The molecule has 5 heteroatoms. The van der Waals surface area contributed by atoms with E-state index >= 15 is 0 Å². The van der Waals surface area contributed by atoms with Crippen molar-refractivity contribution in [1.29, 1.82) is 0 Å². The lowest BCUT2D eigenvalue weighted by Crippen LogP contribution is -2.14. The Morgan fingerprint density at radius 2 is 2.37 bits per heavy atom. The van der Waals surface area contributed by atoms with Crippen LogP contribution in [0.4, 0.5) is 0 Å². The van der Waals surface area contributed by atoms with E-state index in [0.29, 0.717) is 0 Å². The molecule has 3 rings (SSSR count). The van der Waals surface area contributed by atoms with Crippen molar-refractivity contribution in [3.63, 3.8) is 0 Å². The normalized spacial score (nSPS) is 11.2. The van der Waals surface area contributed by atoms with Crippen molar-refractivity contribution in [3.05, 3.63) is 41.5 Å². The third-order valence-electron chi connectivity index (χ3n) is 2.90. The van der Waals surface area contributed by atoms with Crippen molar-refractivity contribution >= 4 is 17.0 Å². The summed E-state index contributed by atoms with van der Waals surface area (Å²) < 4.78 is 1.86. The van der Waals surface area contributed by atoms with Crippen molar-refractivity contribution in [1.82, 2.24) is 19.9 Å². The molecule has 4 nitrogen and oxygen atoms in total. The van der Waals surface area contributed by atoms with Crippen LogP contribution in [-0.2, 0) is 6.54 Å². The Kier molecular flexibility index (Phi) is 3.57. The van der Waals surface area contributed by atoms with E-state index < -0.39 is 0 Å². The standard InChI is InChI=1S/C14H16N4S/c1-2-5-15-8-11-9-16-14-7-12(17-18(14)10-11)13-4-3-6-19-13/h3-4,6-7,9-10,15H,2,5,8H2,1H3. The molecule has 0 aromatic carbocycles. The van der Waals surface area contributed by atoms with Gasteiger partial charge in [0.15, 0.2) is 5.65 Å². The largest absolute Gasteiger partial charge is 0.313 e. The van der Waals surface area contributed by atoms with E-state index in [4.69, 9.17) is 0 Å². The fraction of sp³-hybridized carbons (Fsp3) is 0.286. The van der Waals surface area contributed by atoms with Gasteiger partial charge in [0, 0.05) is 30.6 Å². The molecule has 0 fully saturated rings. The molecule has 3 heterocycles. The third kappa shape index (κ3) is 2.67. The van der Waals surface area contributed by atoms with Gasteiger partial charge in [-0.1, -0.05) is 13.0 Å². The Morgan fingerprint density at radius 1 is 1.42 bits per heavy atom. The van der Waals surface area contributed by atoms with Crippen molar-refractivity contribution in [2.45, 2.75) is 19.9 Å². The van der Waals surface area contributed by atoms with Crippen LogP contribution in [0, 0.1) is 0 Å². The van der Waals surface area contributed by atoms with Gasteiger partial charge >= 0.3 is 0 Å². The molecule has 0 amide bonds. The minimum absolute atomic E-state index is 0.838. The molecule has 1 N–H and O–H groups in total. The number of nitrogens with zero attached hydrogens (tertiary/aromatic N) is 3. The van der Waals surface area contributed by atoms with E-state index in [1.165, 1.54) is 4.88 Å². The second kappa shape index (κ2) is 5.50. The summed E-state index contributed by atoms with van der Waals surface area (Å²) in [6, 6.07) is 6.14. The van der Waals surface area contributed by atoms with Gasteiger partial charge in [0.25, 0.3) is 0 Å². The Labute approximate surface area is 116 Å². The van der Waals surface area contributed by atoms with Gasteiger partial charge in [-0.15, -0.1) is 11.3 Å². The highest BCUT2D eigenvalue weighted by Crippen LogP contribution is 2.23.